The lowest BCUT2D eigenvalue weighted by Gasteiger charge is -2.02. The Balaban J connectivity index is 0.000000270. The first-order valence-electron chi connectivity index (χ1n) is 6.51. The predicted octanol–water partition coefficient (Wildman–Crippen LogP) is 2.20. The molecule has 0 saturated heterocycles. The number of rotatable bonds is 4. The summed E-state index contributed by atoms with van der Waals surface area (Å²) in [6.07, 6.45) is 2.24. The fraction of sp³-hybridized carbons (Fsp3) is 0.333. The summed E-state index contributed by atoms with van der Waals surface area (Å²) in [7, 11) is 1.53. The fourth-order valence-corrected chi connectivity index (χ4v) is 1.54. The number of benzene rings is 1. The van der Waals surface area contributed by atoms with Crippen molar-refractivity contribution in [3.8, 4) is 11.5 Å². The Morgan fingerprint density at radius 2 is 2.10 bits per heavy atom. The molecule has 1 heterocycles. The van der Waals surface area contributed by atoms with E-state index >= 15 is 0 Å². The van der Waals surface area contributed by atoms with Gasteiger partial charge in [-0.15, -0.1) is 0 Å². The maximum atomic E-state index is 11.3. The van der Waals surface area contributed by atoms with Crippen LogP contribution in [-0.4, -0.2) is 29.8 Å². The molecule has 0 aliphatic rings. The van der Waals surface area contributed by atoms with Gasteiger partial charge < -0.3 is 19.6 Å². The van der Waals surface area contributed by atoms with E-state index in [0.29, 0.717) is 23.0 Å². The molecular weight excluding hydrogens is 274 g/mol. The summed E-state index contributed by atoms with van der Waals surface area (Å²) < 4.78 is 9.50. The van der Waals surface area contributed by atoms with E-state index < -0.39 is 0 Å². The second-order valence-corrected chi connectivity index (χ2v) is 4.37. The zero-order valence-corrected chi connectivity index (χ0v) is 12.3. The molecule has 21 heavy (non-hydrogen) atoms. The van der Waals surface area contributed by atoms with Crippen molar-refractivity contribution in [3.05, 3.63) is 34.7 Å². The number of aromatic hydroxyl groups is 1. The van der Waals surface area contributed by atoms with Gasteiger partial charge in [0.05, 0.1) is 18.6 Å². The summed E-state index contributed by atoms with van der Waals surface area (Å²) in [5.74, 6) is 0.650. The Morgan fingerprint density at radius 3 is 2.62 bits per heavy atom. The third kappa shape index (κ3) is 4.52. The summed E-state index contributed by atoms with van der Waals surface area (Å²) >= 11 is 0. The minimum absolute atomic E-state index is 0.0403. The van der Waals surface area contributed by atoms with Crippen LogP contribution >= 0.6 is 0 Å². The molecule has 0 saturated carbocycles. The Morgan fingerprint density at radius 1 is 1.38 bits per heavy atom. The van der Waals surface area contributed by atoms with E-state index in [4.69, 9.17) is 4.74 Å². The zero-order valence-electron chi connectivity index (χ0n) is 12.3. The largest absolute Gasteiger partial charge is 0.506 e. The number of H-pyrrole nitrogens is 1. The normalized spacial score (nSPS) is 11.2. The highest BCUT2D eigenvalue weighted by molar-refractivity contribution is 5.88. The van der Waals surface area contributed by atoms with E-state index in [-0.39, 0.29) is 17.4 Å². The molecule has 0 fully saturated rings. The van der Waals surface area contributed by atoms with Gasteiger partial charge in [0.15, 0.2) is 0 Å². The number of hydrogen-bond acceptors (Lipinski definition) is 5. The van der Waals surface area contributed by atoms with Crippen molar-refractivity contribution in [1.82, 2.24) is 4.98 Å². The number of carbonyl (C=O) groups is 1. The van der Waals surface area contributed by atoms with Gasteiger partial charge in [0, 0.05) is 11.6 Å². The number of aromatic nitrogens is 1. The third-order valence-corrected chi connectivity index (χ3v) is 2.95. The second-order valence-electron chi connectivity index (χ2n) is 4.37. The quantitative estimate of drug-likeness (QED) is 0.844. The monoisotopic (exact) mass is 293 g/mol. The number of nitrogens with one attached hydrogen (secondary N) is 1. The Bertz CT molecular complexity index is 650. The van der Waals surface area contributed by atoms with Crippen LogP contribution in [0.3, 0.4) is 0 Å². The van der Waals surface area contributed by atoms with Crippen LogP contribution in [0.2, 0.25) is 0 Å². The maximum Gasteiger partial charge on any atom is 0.293 e. The number of ether oxygens (including phenoxy) is 2. The van der Waals surface area contributed by atoms with Crippen LogP contribution in [0, 0.1) is 0 Å². The predicted molar refractivity (Wildman–Crippen MR) is 79.7 cm³/mol. The van der Waals surface area contributed by atoms with E-state index in [1.807, 2.05) is 13.8 Å². The van der Waals surface area contributed by atoms with Crippen molar-refractivity contribution < 1.29 is 19.4 Å². The van der Waals surface area contributed by atoms with Crippen molar-refractivity contribution >= 4 is 17.2 Å². The van der Waals surface area contributed by atoms with Crippen LogP contribution in [0.15, 0.2) is 29.2 Å². The Kier molecular flexibility index (Phi) is 6.26. The molecule has 2 rings (SSSR count). The lowest BCUT2D eigenvalue weighted by atomic mass is 10.1. The first-order chi connectivity index (χ1) is 10.0. The maximum absolute atomic E-state index is 11.3. The van der Waals surface area contributed by atoms with E-state index in [0.717, 1.165) is 6.42 Å². The molecule has 6 heteroatoms. The lowest BCUT2D eigenvalue weighted by molar-refractivity contribution is -0.132. The van der Waals surface area contributed by atoms with Crippen molar-refractivity contribution in [1.29, 1.82) is 0 Å². The Labute approximate surface area is 122 Å². The van der Waals surface area contributed by atoms with Gasteiger partial charge in [-0.25, -0.2) is 0 Å². The van der Waals surface area contributed by atoms with Crippen LogP contribution in [-0.2, 0) is 9.53 Å². The van der Waals surface area contributed by atoms with Gasteiger partial charge in [-0.05, 0) is 31.5 Å². The first-order valence-corrected chi connectivity index (χ1v) is 6.51. The topological polar surface area (TPSA) is 88.6 Å². The van der Waals surface area contributed by atoms with Crippen LogP contribution in [0.4, 0.5) is 0 Å². The van der Waals surface area contributed by atoms with Crippen LogP contribution < -0.4 is 10.3 Å². The van der Waals surface area contributed by atoms with Crippen molar-refractivity contribution in [2.75, 3.05) is 7.11 Å². The molecule has 0 aliphatic carbocycles. The Hall–Kier alpha value is -2.50. The summed E-state index contributed by atoms with van der Waals surface area (Å²) in [5.41, 5.74) is -0.222. The van der Waals surface area contributed by atoms with Crippen LogP contribution in [0.25, 0.3) is 10.8 Å². The first kappa shape index (κ1) is 16.6. The summed E-state index contributed by atoms with van der Waals surface area (Å²) in [6.45, 7) is 4.30. The van der Waals surface area contributed by atoms with Crippen molar-refractivity contribution in [2.24, 2.45) is 0 Å². The highest BCUT2D eigenvalue weighted by Gasteiger charge is 2.04. The third-order valence-electron chi connectivity index (χ3n) is 2.95. The molecule has 1 aromatic heterocycles. The van der Waals surface area contributed by atoms with E-state index in [2.05, 4.69) is 9.72 Å². The molecule has 2 N–H and O–H groups in total. The molecule has 114 valence electrons. The molecule has 2 aromatic rings. The SMILES string of the molecule is CCC(C)OC=O.COc1ccc2c(=O)[nH]cc(O)c2c1. The van der Waals surface area contributed by atoms with E-state index in [1.165, 1.54) is 13.3 Å². The van der Waals surface area contributed by atoms with Gasteiger partial charge in [-0.2, -0.15) is 0 Å². The average Bonchev–Trinajstić information content (AvgIpc) is 2.51. The van der Waals surface area contributed by atoms with Crippen LogP contribution in [0.1, 0.15) is 20.3 Å². The fourth-order valence-electron chi connectivity index (χ4n) is 1.54. The van der Waals surface area contributed by atoms with Gasteiger partial charge in [-0.3, -0.25) is 9.59 Å². The zero-order chi connectivity index (χ0) is 15.8. The summed E-state index contributed by atoms with van der Waals surface area (Å²) in [4.78, 5) is 23.3. The van der Waals surface area contributed by atoms with Crippen LogP contribution in [0.5, 0.6) is 11.5 Å². The highest BCUT2D eigenvalue weighted by atomic mass is 16.5. The molecular formula is C15H19NO5. The smallest absolute Gasteiger partial charge is 0.293 e. The van der Waals surface area contributed by atoms with Gasteiger partial charge in [0.1, 0.15) is 11.5 Å². The second kappa shape index (κ2) is 7.94. The minimum atomic E-state index is -0.222. The molecule has 1 atom stereocenters. The number of carbonyl (C=O) groups excluding carboxylic acids is 1. The van der Waals surface area contributed by atoms with Gasteiger partial charge in [-0.1, -0.05) is 6.92 Å². The summed E-state index contributed by atoms with van der Waals surface area (Å²) in [6, 6.07) is 4.92. The van der Waals surface area contributed by atoms with E-state index in [1.54, 1.807) is 18.2 Å². The van der Waals surface area contributed by atoms with Crippen molar-refractivity contribution in [3.63, 3.8) is 0 Å². The van der Waals surface area contributed by atoms with E-state index in [9.17, 15) is 14.7 Å². The molecule has 0 radical (unpaired) electrons. The molecule has 0 amide bonds. The number of methoxy groups -OCH3 is 1. The number of aromatic amines is 1. The van der Waals surface area contributed by atoms with Gasteiger partial charge >= 0.3 is 0 Å². The highest BCUT2D eigenvalue weighted by Crippen LogP contribution is 2.24. The summed E-state index contributed by atoms with van der Waals surface area (Å²) in [5, 5.41) is 10.4. The van der Waals surface area contributed by atoms with Crippen molar-refractivity contribution in [2.45, 2.75) is 26.4 Å². The molecule has 0 aliphatic heterocycles. The molecule has 1 aromatic carbocycles. The average molecular weight is 293 g/mol. The molecule has 6 nitrogen and oxygen atoms in total. The number of fused-ring (bicyclic) bond motifs is 1. The van der Waals surface area contributed by atoms with Gasteiger partial charge in [0.2, 0.25) is 0 Å². The number of hydrogen-bond donors (Lipinski definition) is 2. The standard InChI is InChI=1S/C10H9NO3.C5H10O2/c1-14-6-2-3-7-8(4-6)9(12)5-11-10(7)13;1-3-5(2)7-4-6/h2-5,12H,1H3,(H,11,13);4-5H,3H2,1-2H3. The molecule has 1 unspecified atom stereocenters. The minimum Gasteiger partial charge on any atom is -0.506 e. The number of pyridine rings is 1. The molecule has 0 spiro atoms. The lowest BCUT2D eigenvalue weighted by Crippen LogP contribution is -2.04. The molecule has 0 bridgehead atoms. The van der Waals surface area contributed by atoms with Gasteiger partial charge in [0.25, 0.3) is 12.0 Å².